The van der Waals surface area contributed by atoms with E-state index in [4.69, 9.17) is 11.6 Å². The lowest BCUT2D eigenvalue weighted by molar-refractivity contribution is 1.14. The van der Waals surface area contributed by atoms with Crippen molar-refractivity contribution in [1.82, 2.24) is 0 Å². The van der Waals surface area contributed by atoms with E-state index in [1.165, 1.54) is 37.2 Å². The monoisotopic (exact) mass is 362 g/mol. The van der Waals surface area contributed by atoms with Gasteiger partial charge in [-0.15, -0.1) is 11.3 Å². The molecule has 0 aliphatic heterocycles. The van der Waals surface area contributed by atoms with E-state index in [0.29, 0.717) is 0 Å². The molecule has 0 nitrogen and oxygen atoms in total. The van der Waals surface area contributed by atoms with Gasteiger partial charge in [-0.3, -0.25) is 0 Å². The second-order valence-electron chi connectivity index (χ2n) is 6.40. The van der Waals surface area contributed by atoms with Crippen molar-refractivity contribution in [2.75, 3.05) is 0 Å². The van der Waals surface area contributed by atoms with Crippen LogP contribution in [0, 0.1) is 6.92 Å². The van der Waals surface area contributed by atoms with Gasteiger partial charge in [0.1, 0.15) is 0 Å². The van der Waals surface area contributed by atoms with E-state index in [1.54, 1.807) is 11.3 Å². The predicted molar refractivity (Wildman–Crippen MR) is 112 cm³/mol. The normalized spacial score (nSPS) is 11.2. The number of benzene rings is 3. The molecule has 0 aliphatic rings. The van der Waals surface area contributed by atoms with Crippen LogP contribution in [-0.2, 0) is 6.42 Å². The maximum absolute atomic E-state index is 6.45. The zero-order valence-electron chi connectivity index (χ0n) is 14.3. The smallest absolute Gasteiger partial charge is 0.0495 e. The Morgan fingerprint density at radius 1 is 0.840 bits per heavy atom. The van der Waals surface area contributed by atoms with Crippen molar-refractivity contribution in [2.24, 2.45) is 0 Å². The van der Waals surface area contributed by atoms with Gasteiger partial charge in [-0.1, -0.05) is 61.0 Å². The minimum Gasteiger partial charge on any atom is -0.135 e. The van der Waals surface area contributed by atoms with Crippen LogP contribution in [0.15, 0.2) is 66.7 Å². The molecule has 25 heavy (non-hydrogen) atoms. The molecule has 0 bridgehead atoms. The van der Waals surface area contributed by atoms with E-state index in [2.05, 4.69) is 74.5 Å². The molecule has 0 aliphatic carbocycles. The van der Waals surface area contributed by atoms with Crippen molar-refractivity contribution in [2.45, 2.75) is 20.3 Å². The number of thiophene rings is 1. The summed E-state index contributed by atoms with van der Waals surface area (Å²) < 4.78 is 1.29. The fraction of sp³-hybridized carbons (Fsp3) is 0.130. The minimum absolute atomic E-state index is 0.821. The second-order valence-corrected chi connectivity index (χ2v) is 7.89. The number of aryl methyl sites for hydroxylation is 2. The molecule has 1 aromatic heterocycles. The highest BCUT2D eigenvalue weighted by molar-refractivity contribution is 7.22. The molecule has 4 aromatic rings. The zero-order valence-corrected chi connectivity index (χ0v) is 15.9. The van der Waals surface area contributed by atoms with Crippen molar-refractivity contribution in [1.29, 1.82) is 0 Å². The lowest BCUT2D eigenvalue weighted by atomic mass is 10.0. The third-order valence-corrected chi connectivity index (χ3v) is 6.06. The van der Waals surface area contributed by atoms with Gasteiger partial charge in [-0.25, -0.2) is 0 Å². The van der Waals surface area contributed by atoms with E-state index in [0.717, 1.165) is 17.0 Å². The molecule has 3 aromatic carbocycles. The summed E-state index contributed by atoms with van der Waals surface area (Å²) in [6.45, 7) is 4.25. The van der Waals surface area contributed by atoms with E-state index in [1.807, 2.05) is 6.07 Å². The summed E-state index contributed by atoms with van der Waals surface area (Å²) in [4.78, 5) is 1.22. The fourth-order valence-electron chi connectivity index (χ4n) is 3.11. The van der Waals surface area contributed by atoms with Gasteiger partial charge in [0.2, 0.25) is 0 Å². The molecular weight excluding hydrogens is 344 g/mol. The lowest BCUT2D eigenvalue weighted by Gasteiger charge is -2.03. The molecule has 2 heteroatoms. The standard InChI is InChI=1S/C23H19ClS/c1-3-16-5-7-17(8-6-16)18-9-11-22-19(13-18)14-23(25-22)20-10-4-15(2)12-21(20)24/h4-14H,3H2,1-2H3. The molecule has 0 amide bonds. The summed E-state index contributed by atoms with van der Waals surface area (Å²) in [5, 5.41) is 2.09. The van der Waals surface area contributed by atoms with Gasteiger partial charge in [0, 0.05) is 20.2 Å². The number of halogens is 1. The Kier molecular flexibility index (Phi) is 4.37. The molecule has 4 rings (SSSR count). The minimum atomic E-state index is 0.821. The second kappa shape index (κ2) is 6.67. The number of fused-ring (bicyclic) bond motifs is 1. The summed E-state index contributed by atoms with van der Waals surface area (Å²) in [5.74, 6) is 0. The van der Waals surface area contributed by atoms with Crippen molar-refractivity contribution in [3.63, 3.8) is 0 Å². The van der Waals surface area contributed by atoms with Crippen LogP contribution in [-0.4, -0.2) is 0 Å². The Bertz CT molecular complexity index is 1040. The quantitative estimate of drug-likeness (QED) is 0.349. The van der Waals surface area contributed by atoms with Crippen LogP contribution in [0.3, 0.4) is 0 Å². The Labute approximate surface area is 157 Å². The van der Waals surface area contributed by atoms with Crippen LogP contribution >= 0.6 is 22.9 Å². The molecule has 0 fully saturated rings. The maximum Gasteiger partial charge on any atom is 0.0495 e. The van der Waals surface area contributed by atoms with Crippen molar-refractivity contribution >= 4 is 33.0 Å². The van der Waals surface area contributed by atoms with Crippen molar-refractivity contribution in [3.8, 4) is 21.6 Å². The van der Waals surface area contributed by atoms with Crippen LogP contribution in [0.4, 0.5) is 0 Å². The van der Waals surface area contributed by atoms with Crippen LogP contribution in [0.5, 0.6) is 0 Å². The fourth-order valence-corrected chi connectivity index (χ4v) is 4.58. The molecule has 1 heterocycles. The highest BCUT2D eigenvalue weighted by Gasteiger charge is 2.09. The van der Waals surface area contributed by atoms with E-state index in [-0.39, 0.29) is 0 Å². The lowest BCUT2D eigenvalue weighted by Crippen LogP contribution is -1.81. The molecule has 0 N–H and O–H groups in total. The largest absolute Gasteiger partial charge is 0.135 e. The zero-order chi connectivity index (χ0) is 17.4. The first kappa shape index (κ1) is 16.4. The first-order chi connectivity index (χ1) is 12.1. The van der Waals surface area contributed by atoms with E-state index in [9.17, 15) is 0 Å². The van der Waals surface area contributed by atoms with Gasteiger partial charge in [0.25, 0.3) is 0 Å². The Morgan fingerprint density at radius 3 is 2.32 bits per heavy atom. The molecule has 0 atom stereocenters. The van der Waals surface area contributed by atoms with Gasteiger partial charge in [-0.05, 0) is 65.3 Å². The third kappa shape index (κ3) is 3.22. The average Bonchev–Trinajstić information content (AvgIpc) is 3.04. The van der Waals surface area contributed by atoms with E-state index < -0.39 is 0 Å². The van der Waals surface area contributed by atoms with Gasteiger partial charge >= 0.3 is 0 Å². The Hall–Kier alpha value is -2.09. The molecule has 124 valence electrons. The maximum atomic E-state index is 6.45. The first-order valence-electron chi connectivity index (χ1n) is 8.53. The molecular formula is C23H19ClS. The molecule has 0 spiro atoms. The molecule has 0 saturated heterocycles. The first-order valence-corrected chi connectivity index (χ1v) is 9.73. The summed E-state index contributed by atoms with van der Waals surface area (Å²) in [6.07, 6.45) is 1.07. The third-order valence-electron chi connectivity index (χ3n) is 4.60. The van der Waals surface area contributed by atoms with Crippen molar-refractivity contribution in [3.05, 3.63) is 82.9 Å². The average molecular weight is 363 g/mol. The van der Waals surface area contributed by atoms with E-state index >= 15 is 0 Å². The molecule has 0 saturated carbocycles. The Morgan fingerprint density at radius 2 is 1.60 bits per heavy atom. The number of rotatable bonds is 3. The van der Waals surface area contributed by atoms with Crippen LogP contribution in [0.2, 0.25) is 5.02 Å². The molecule has 0 unspecified atom stereocenters. The summed E-state index contributed by atoms with van der Waals surface area (Å²) in [7, 11) is 0. The highest BCUT2D eigenvalue weighted by Crippen LogP contribution is 2.38. The van der Waals surface area contributed by atoms with Gasteiger partial charge in [-0.2, -0.15) is 0 Å². The molecule has 0 radical (unpaired) electrons. The van der Waals surface area contributed by atoms with Crippen LogP contribution < -0.4 is 0 Å². The number of hydrogen-bond acceptors (Lipinski definition) is 1. The van der Waals surface area contributed by atoms with Crippen molar-refractivity contribution < 1.29 is 0 Å². The highest BCUT2D eigenvalue weighted by atomic mass is 35.5. The van der Waals surface area contributed by atoms with Crippen LogP contribution in [0.25, 0.3) is 31.7 Å². The van der Waals surface area contributed by atoms with Crippen LogP contribution in [0.1, 0.15) is 18.1 Å². The number of hydrogen-bond donors (Lipinski definition) is 0. The Balaban J connectivity index is 1.76. The topological polar surface area (TPSA) is 0 Å². The predicted octanol–water partition coefficient (Wildman–Crippen LogP) is 7.76. The van der Waals surface area contributed by atoms with Gasteiger partial charge in [0.05, 0.1) is 0 Å². The SMILES string of the molecule is CCc1ccc(-c2ccc3sc(-c4ccc(C)cc4Cl)cc3c2)cc1. The summed E-state index contributed by atoms with van der Waals surface area (Å²) in [6, 6.07) is 24.1. The van der Waals surface area contributed by atoms with Gasteiger partial charge in [0.15, 0.2) is 0 Å². The summed E-state index contributed by atoms with van der Waals surface area (Å²) in [5.41, 5.74) is 6.20. The van der Waals surface area contributed by atoms with Gasteiger partial charge < -0.3 is 0 Å². The summed E-state index contributed by atoms with van der Waals surface area (Å²) >= 11 is 8.25.